The van der Waals surface area contributed by atoms with Crippen LogP contribution in [0.1, 0.15) is 106 Å². The second-order valence-corrected chi connectivity index (χ2v) is 22.1. The Bertz CT molecular complexity index is 2100. The fraction of sp³-hybridized carbons (Fsp3) is 0.816. The summed E-state index contributed by atoms with van der Waals surface area (Å²) in [5.41, 5.74) is -1.49. The van der Waals surface area contributed by atoms with E-state index in [2.05, 4.69) is 35.0 Å². The first-order chi connectivity index (χ1) is 32.9. The van der Waals surface area contributed by atoms with Gasteiger partial charge in [-0.1, -0.05) is 37.4 Å². The van der Waals surface area contributed by atoms with Gasteiger partial charge in [-0.25, -0.2) is 0 Å². The largest absolute Gasteiger partial charge is 0.459 e. The van der Waals surface area contributed by atoms with Crippen LogP contribution in [-0.4, -0.2) is 194 Å². The van der Waals surface area contributed by atoms with Gasteiger partial charge in [0, 0.05) is 75.6 Å². The van der Waals surface area contributed by atoms with Crippen molar-refractivity contribution in [3.63, 3.8) is 0 Å². The Morgan fingerprint density at radius 3 is 2.30 bits per heavy atom. The molecular formula is C49H81N9O11S. The number of rotatable bonds is 13. The third-order valence-corrected chi connectivity index (χ3v) is 16.2. The first-order valence-corrected chi connectivity index (χ1v) is 25.8. The second kappa shape index (κ2) is 23.3. The summed E-state index contributed by atoms with van der Waals surface area (Å²) in [6.45, 7) is 19.5. The Balaban J connectivity index is 1.24. The molecule has 70 heavy (non-hydrogen) atoms. The number of hydrogen-bond donors (Lipinski definition) is 5. The molecule has 6 heterocycles. The number of carbonyl (C=O) groups is 1. The summed E-state index contributed by atoms with van der Waals surface area (Å²) < 4.78 is 37.9. The van der Waals surface area contributed by atoms with Crippen LogP contribution in [0.3, 0.4) is 0 Å². The van der Waals surface area contributed by atoms with Crippen molar-refractivity contribution in [1.82, 2.24) is 44.6 Å². The Hall–Kier alpha value is -3.19. The van der Waals surface area contributed by atoms with Crippen LogP contribution in [0.2, 0.25) is 0 Å². The number of aliphatic hydroxyl groups is 5. The molecule has 3 aromatic rings. The minimum atomic E-state index is -1.81. The van der Waals surface area contributed by atoms with Crippen LogP contribution in [0.25, 0.3) is 11.4 Å². The molecule has 5 N–H and O–H groups in total. The Morgan fingerprint density at radius 1 is 0.929 bits per heavy atom. The van der Waals surface area contributed by atoms with Crippen LogP contribution in [0.15, 0.2) is 23.7 Å². The number of likely N-dealkylation sites (N-methyl/N-ethyl adjacent to an activating group) is 2. The fourth-order valence-corrected chi connectivity index (χ4v) is 11.8. The number of cyclic esters (lactones) is 1. The van der Waals surface area contributed by atoms with Crippen LogP contribution in [0, 0.1) is 23.7 Å². The second-order valence-electron chi connectivity index (χ2n) is 21.4. The Morgan fingerprint density at radius 2 is 1.66 bits per heavy atom. The van der Waals surface area contributed by atoms with E-state index in [1.165, 1.54) is 25.6 Å². The quantitative estimate of drug-likeness (QED) is 0.154. The van der Waals surface area contributed by atoms with Crippen molar-refractivity contribution in [1.29, 1.82) is 0 Å². The zero-order chi connectivity index (χ0) is 51.5. The lowest BCUT2D eigenvalue weighted by molar-refractivity contribution is -0.302. The minimum Gasteiger partial charge on any atom is -0.459 e. The molecule has 0 radical (unpaired) electrons. The van der Waals surface area contributed by atoms with Gasteiger partial charge in [0.1, 0.15) is 41.4 Å². The average molecular weight is 1000 g/mol. The molecule has 0 saturated carbocycles. The van der Waals surface area contributed by atoms with Gasteiger partial charge in [0.2, 0.25) is 0 Å². The summed E-state index contributed by atoms with van der Waals surface area (Å²) in [6.07, 6.45) is -4.23. The van der Waals surface area contributed by atoms with Gasteiger partial charge in [-0.3, -0.25) is 9.48 Å². The standard InChI is InChI=1S/C49H81N9O11S/c1-14-39-49(10,64)42(60)31(6)57(12)24-27(2)22-47(8,63)44(29(4)40(30(5)45(62)68-39)38-23-48(9,65-13)43(61)32(7)67-38)69-46-41(59)37(21-28(3)66-46)56(11)19-17-34-25-58(54-51-34)20-18-33-15-16-35(52-50-33)36-26-70-55-53-36/h15-16,25-32,37-44,46,59-61,63-64H,14,17-24H2,1-13H3/t27-,28-,29+,30-,31-,32+,37+,38?,39-,40+,41-,42-,43+,44-,46+,47-,48-,49-/m1/s1. The molecule has 0 spiro atoms. The van der Waals surface area contributed by atoms with E-state index in [-0.39, 0.29) is 31.3 Å². The van der Waals surface area contributed by atoms with Crippen molar-refractivity contribution in [2.75, 3.05) is 34.3 Å². The summed E-state index contributed by atoms with van der Waals surface area (Å²) in [5, 5.41) is 83.3. The zero-order valence-corrected chi connectivity index (χ0v) is 44.3. The number of aliphatic hydroxyl groups excluding tert-OH is 3. The van der Waals surface area contributed by atoms with Crippen molar-refractivity contribution in [2.24, 2.45) is 23.7 Å². The first-order valence-electron chi connectivity index (χ1n) is 25.0. The predicted octanol–water partition coefficient (Wildman–Crippen LogP) is 2.93. The molecule has 21 heteroatoms. The topological polar surface area (TPSA) is 253 Å². The number of aromatic nitrogens is 7. The van der Waals surface area contributed by atoms with Crippen molar-refractivity contribution < 1.29 is 54.0 Å². The molecule has 20 nitrogen and oxygen atoms in total. The van der Waals surface area contributed by atoms with E-state index >= 15 is 0 Å². The van der Waals surface area contributed by atoms with Crippen molar-refractivity contribution in [3.8, 4) is 11.4 Å². The van der Waals surface area contributed by atoms with Gasteiger partial charge in [-0.2, -0.15) is 5.10 Å². The molecule has 394 valence electrons. The minimum absolute atomic E-state index is 0.169. The van der Waals surface area contributed by atoms with E-state index in [1.807, 2.05) is 77.3 Å². The van der Waals surface area contributed by atoms with Crippen molar-refractivity contribution in [2.45, 2.75) is 198 Å². The SMILES string of the molecule is CC[C@H]1OC(=O)[C@H](C)[C@@H](C2C[C@@](C)(OC)[C@@H](O)[C@H](C)O2)[C@H](C)[C@@H](O[C@@H]2O[C@H](C)C[C@H](N(C)CCc3cn(CCc4ccc(-c5csnn5)nn4)nn3)[C@H]2O)[C@](C)(O)C[C@@H](C)CN(C)[C@H](C)[C@@H](O)[C@]1(C)O. The Kier molecular flexibility index (Phi) is 18.7. The highest BCUT2D eigenvalue weighted by Crippen LogP contribution is 2.45. The molecule has 0 aliphatic carbocycles. The van der Waals surface area contributed by atoms with Gasteiger partial charge in [0.15, 0.2) is 6.29 Å². The van der Waals surface area contributed by atoms with Gasteiger partial charge < -0.3 is 59.0 Å². The lowest BCUT2D eigenvalue weighted by Gasteiger charge is -2.51. The number of aryl methyl sites for hydroxylation is 2. The summed E-state index contributed by atoms with van der Waals surface area (Å²) in [4.78, 5) is 18.6. The maximum absolute atomic E-state index is 14.6. The molecular weight excluding hydrogens is 923 g/mol. The predicted molar refractivity (Wildman–Crippen MR) is 260 cm³/mol. The van der Waals surface area contributed by atoms with E-state index in [4.69, 9.17) is 23.7 Å². The van der Waals surface area contributed by atoms with Gasteiger partial charge in [-0.05, 0) is 110 Å². The molecule has 0 amide bonds. The zero-order valence-electron chi connectivity index (χ0n) is 43.5. The molecule has 0 aromatic carbocycles. The molecule has 3 saturated heterocycles. The van der Waals surface area contributed by atoms with Gasteiger partial charge in [0.25, 0.3) is 0 Å². The van der Waals surface area contributed by atoms with Crippen LogP contribution < -0.4 is 0 Å². The monoisotopic (exact) mass is 1000 g/mol. The number of methoxy groups -OCH3 is 1. The van der Waals surface area contributed by atoms with Crippen LogP contribution in [0.4, 0.5) is 0 Å². The van der Waals surface area contributed by atoms with E-state index in [9.17, 15) is 30.3 Å². The number of esters is 1. The maximum atomic E-state index is 14.6. The molecule has 18 atom stereocenters. The van der Waals surface area contributed by atoms with E-state index in [1.54, 1.807) is 32.4 Å². The molecule has 3 aliphatic heterocycles. The Labute approximate surface area is 417 Å². The van der Waals surface area contributed by atoms with Crippen molar-refractivity contribution >= 4 is 17.5 Å². The van der Waals surface area contributed by atoms with Crippen LogP contribution in [-0.2, 0) is 47.9 Å². The number of carbonyl (C=O) groups excluding carboxylic acids is 1. The highest BCUT2D eigenvalue weighted by atomic mass is 32.1. The lowest BCUT2D eigenvalue weighted by atomic mass is 9.68. The van der Waals surface area contributed by atoms with E-state index < -0.39 is 102 Å². The summed E-state index contributed by atoms with van der Waals surface area (Å²) >= 11 is 1.26. The normalized spacial score (nSPS) is 39.9. The van der Waals surface area contributed by atoms with Crippen LogP contribution >= 0.6 is 11.5 Å². The van der Waals surface area contributed by atoms with Gasteiger partial charge in [0.05, 0.1) is 52.9 Å². The first kappa shape index (κ1) is 56.1. The lowest BCUT2D eigenvalue weighted by Crippen LogP contribution is -2.62. The van der Waals surface area contributed by atoms with E-state index in [0.717, 1.165) is 11.4 Å². The third kappa shape index (κ3) is 12.8. The molecule has 6 rings (SSSR count). The third-order valence-electron chi connectivity index (χ3n) is 15.7. The number of nitrogens with zero attached hydrogens (tertiary/aromatic N) is 9. The summed E-state index contributed by atoms with van der Waals surface area (Å²) in [5.74, 6) is -3.12. The van der Waals surface area contributed by atoms with Gasteiger partial charge in [-0.15, -0.1) is 15.3 Å². The molecule has 3 aliphatic rings. The maximum Gasteiger partial charge on any atom is 0.309 e. The average Bonchev–Trinajstić information content (AvgIpc) is 4.03. The molecule has 0 bridgehead atoms. The number of hydrogen-bond acceptors (Lipinski definition) is 20. The van der Waals surface area contributed by atoms with Gasteiger partial charge >= 0.3 is 5.97 Å². The highest BCUT2D eigenvalue weighted by Gasteiger charge is 2.55. The highest BCUT2D eigenvalue weighted by molar-refractivity contribution is 7.03. The van der Waals surface area contributed by atoms with Crippen molar-refractivity contribution in [3.05, 3.63) is 35.1 Å². The fourth-order valence-electron chi connectivity index (χ4n) is 11.4. The number of ether oxygens (including phenoxy) is 5. The summed E-state index contributed by atoms with van der Waals surface area (Å²) in [7, 11) is 5.33. The molecule has 1 unspecified atom stereocenters. The summed E-state index contributed by atoms with van der Waals surface area (Å²) in [6, 6.07) is 2.84. The van der Waals surface area contributed by atoms with Crippen LogP contribution in [0.5, 0.6) is 0 Å². The smallest absolute Gasteiger partial charge is 0.309 e. The molecule has 3 aromatic heterocycles. The molecule has 3 fully saturated rings. The van der Waals surface area contributed by atoms with E-state index in [0.29, 0.717) is 50.3 Å².